The molecule has 6 heteroatoms. The summed E-state index contributed by atoms with van der Waals surface area (Å²) >= 11 is 0. The normalized spacial score (nSPS) is 11.6. The van der Waals surface area contributed by atoms with E-state index in [4.69, 9.17) is 15.7 Å². The van der Waals surface area contributed by atoms with E-state index in [1.54, 1.807) is 12.3 Å². The summed E-state index contributed by atoms with van der Waals surface area (Å²) in [6, 6.07) is 9.87. The minimum Gasteiger partial charge on any atom is -0.409 e. The molecule has 1 aromatic carbocycles. The number of benzene rings is 1. The van der Waals surface area contributed by atoms with Gasteiger partial charge in [0, 0.05) is 23.9 Å². The average Bonchev–Trinajstić information content (AvgIpc) is 2.51. The van der Waals surface area contributed by atoms with Crippen LogP contribution < -0.4 is 5.73 Å². The fourth-order valence-electron chi connectivity index (χ4n) is 1.85. The Balaban J connectivity index is 1.90. The molecule has 110 valence electrons. The standard InChI is InChI=1S/C15H16FN3O2/c16-13-8-11(7-12(9-13)15(17)19-20)10-21-6-4-14-3-1-2-5-18-14/h1-3,5,7-9,20H,4,6,10H2,(H2,17,19). The second-order valence-electron chi connectivity index (χ2n) is 4.46. The van der Waals surface area contributed by atoms with Crippen LogP contribution in [0.25, 0.3) is 0 Å². The number of oxime groups is 1. The zero-order valence-electron chi connectivity index (χ0n) is 11.4. The lowest BCUT2D eigenvalue weighted by Gasteiger charge is -2.07. The summed E-state index contributed by atoms with van der Waals surface area (Å²) in [6.45, 7) is 0.725. The van der Waals surface area contributed by atoms with Crippen LogP contribution in [0.5, 0.6) is 0 Å². The summed E-state index contributed by atoms with van der Waals surface area (Å²) in [5.74, 6) is -0.591. The molecule has 0 saturated carbocycles. The molecule has 0 atom stereocenters. The van der Waals surface area contributed by atoms with E-state index >= 15 is 0 Å². The minimum atomic E-state index is -0.456. The van der Waals surface area contributed by atoms with E-state index in [9.17, 15) is 4.39 Å². The lowest BCUT2D eigenvalue weighted by molar-refractivity contribution is 0.123. The molecular formula is C15H16FN3O2. The van der Waals surface area contributed by atoms with E-state index in [-0.39, 0.29) is 12.4 Å². The maximum Gasteiger partial charge on any atom is 0.170 e. The van der Waals surface area contributed by atoms with Crippen molar-refractivity contribution >= 4 is 5.84 Å². The summed E-state index contributed by atoms with van der Waals surface area (Å²) in [7, 11) is 0. The van der Waals surface area contributed by atoms with Gasteiger partial charge in [-0.15, -0.1) is 0 Å². The number of rotatable bonds is 6. The molecule has 0 bridgehead atoms. The van der Waals surface area contributed by atoms with E-state index in [0.29, 0.717) is 24.2 Å². The van der Waals surface area contributed by atoms with Crippen LogP contribution in [0.15, 0.2) is 47.8 Å². The topological polar surface area (TPSA) is 80.7 Å². The zero-order chi connectivity index (χ0) is 15.1. The average molecular weight is 289 g/mol. The smallest absolute Gasteiger partial charge is 0.170 e. The molecule has 0 saturated heterocycles. The van der Waals surface area contributed by atoms with E-state index < -0.39 is 5.82 Å². The van der Waals surface area contributed by atoms with Crippen molar-refractivity contribution < 1.29 is 14.3 Å². The van der Waals surface area contributed by atoms with Gasteiger partial charge in [-0.25, -0.2) is 4.39 Å². The molecular weight excluding hydrogens is 273 g/mol. The molecule has 0 spiro atoms. The number of hydrogen-bond acceptors (Lipinski definition) is 4. The van der Waals surface area contributed by atoms with Crippen molar-refractivity contribution in [3.05, 3.63) is 65.2 Å². The molecule has 0 aliphatic carbocycles. The van der Waals surface area contributed by atoms with Crippen LogP contribution in [-0.4, -0.2) is 22.6 Å². The maximum atomic E-state index is 13.4. The Morgan fingerprint density at radius 1 is 1.33 bits per heavy atom. The molecule has 2 rings (SSSR count). The van der Waals surface area contributed by atoms with Gasteiger partial charge in [0.05, 0.1) is 13.2 Å². The van der Waals surface area contributed by atoms with Crippen molar-refractivity contribution in [1.29, 1.82) is 0 Å². The van der Waals surface area contributed by atoms with Crippen molar-refractivity contribution in [2.24, 2.45) is 10.9 Å². The molecule has 21 heavy (non-hydrogen) atoms. The van der Waals surface area contributed by atoms with Gasteiger partial charge in [-0.3, -0.25) is 4.98 Å². The predicted molar refractivity (Wildman–Crippen MR) is 76.5 cm³/mol. The lowest BCUT2D eigenvalue weighted by atomic mass is 10.1. The van der Waals surface area contributed by atoms with Crippen LogP contribution in [-0.2, 0) is 17.8 Å². The lowest BCUT2D eigenvalue weighted by Crippen LogP contribution is -2.14. The van der Waals surface area contributed by atoms with Gasteiger partial charge in [0.15, 0.2) is 5.84 Å². The number of nitrogens with zero attached hydrogens (tertiary/aromatic N) is 2. The van der Waals surface area contributed by atoms with Gasteiger partial charge in [0.25, 0.3) is 0 Å². The highest BCUT2D eigenvalue weighted by Crippen LogP contribution is 2.10. The third-order valence-corrected chi connectivity index (χ3v) is 2.86. The van der Waals surface area contributed by atoms with Crippen molar-refractivity contribution in [2.75, 3.05) is 6.61 Å². The Bertz CT molecular complexity index is 618. The Morgan fingerprint density at radius 2 is 2.19 bits per heavy atom. The summed E-state index contributed by atoms with van der Waals surface area (Å²) in [6.07, 6.45) is 2.41. The number of amidine groups is 1. The minimum absolute atomic E-state index is 0.135. The molecule has 3 N–H and O–H groups in total. The molecule has 5 nitrogen and oxygen atoms in total. The monoisotopic (exact) mass is 289 g/mol. The van der Waals surface area contributed by atoms with Crippen LogP contribution in [0.3, 0.4) is 0 Å². The van der Waals surface area contributed by atoms with E-state index in [2.05, 4.69) is 10.1 Å². The Kier molecular flexibility index (Phi) is 5.22. The molecule has 0 unspecified atom stereocenters. The van der Waals surface area contributed by atoms with Gasteiger partial charge >= 0.3 is 0 Å². The SMILES string of the molecule is N/C(=N/O)c1cc(F)cc(COCCc2ccccn2)c1. The molecule has 0 aliphatic heterocycles. The molecule has 2 aromatic rings. The molecule has 0 fully saturated rings. The van der Waals surface area contributed by atoms with Gasteiger partial charge in [0.2, 0.25) is 0 Å². The summed E-state index contributed by atoms with van der Waals surface area (Å²) in [5.41, 5.74) is 7.33. The highest BCUT2D eigenvalue weighted by molar-refractivity contribution is 5.97. The van der Waals surface area contributed by atoms with Crippen LogP contribution in [0.4, 0.5) is 4.39 Å². The molecule has 0 amide bonds. The number of ether oxygens (including phenoxy) is 1. The van der Waals surface area contributed by atoms with Crippen LogP contribution >= 0.6 is 0 Å². The molecule has 1 heterocycles. The number of pyridine rings is 1. The maximum absolute atomic E-state index is 13.4. The highest BCUT2D eigenvalue weighted by Gasteiger charge is 2.05. The first-order chi connectivity index (χ1) is 10.2. The first-order valence-corrected chi connectivity index (χ1v) is 6.44. The largest absolute Gasteiger partial charge is 0.409 e. The molecule has 0 radical (unpaired) electrons. The van der Waals surface area contributed by atoms with Crippen molar-refractivity contribution in [3.8, 4) is 0 Å². The van der Waals surface area contributed by atoms with Crippen LogP contribution in [0.1, 0.15) is 16.8 Å². The summed E-state index contributed by atoms with van der Waals surface area (Å²) < 4.78 is 18.9. The second kappa shape index (κ2) is 7.35. The zero-order valence-corrected chi connectivity index (χ0v) is 11.4. The quantitative estimate of drug-likeness (QED) is 0.280. The predicted octanol–water partition coefficient (Wildman–Crippen LogP) is 2.07. The molecule has 1 aromatic heterocycles. The first kappa shape index (κ1) is 14.9. The van der Waals surface area contributed by atoms with Crippen LogP contribution in [0.2, 0.25) is 0 Å². The van der Waals surface area contributed by atoms with Crippen molar-refractivity contribution in [1.82, 2.24) is 4.98 Å². The summed E-state index contributed by atoms with van der Waals surface area (Å²) in [5, 5.41) is 11.5. The number of nitrogens with two attached hydrogens (primary N) is 1. The number of aromatic nitrogens is 1. The van der Waals surface area contributed by atoms with Gasteiger partial charge in [-0.05, 0) is 35.9 Å². The van der Waals surface area contributed by atoms with E-state index in [1.165, 1.54) is 12.1 Å². The molecule has 0 aliphatic rings. The van der Waals surface area contributed by atoms with Gasteiger partial charge in [0.1, 0.15) is 5.82 Å². The van der Waals surface area contributed by atoms with E-state index in [1.807, 2.05) is 18.2 Å². The Labute approximate surface area is 121 Å². The van der Waals surface area contributed by atoms with Gasteiger partial charge in [-0.1, -0.05) is 11.2 Å². The summed E-state index contributed by atoms with van der Waals surface area (Å²) in [4.78, 5) is 4.19. The second-order valence-corrected chi connectivity index (χ2v) is 4.46. The van der Waals surface area contributed by atoms with Crippen molar-refractivity contribution in [3.63, 3.8) is 0 Å². The van der Waals surface area contributed by atoms with Gasteiger partial charge < -0.3 is 15.7 Å². The van der Waals surface area contributed by atoms with Gasteiger partial charge in [-0.2, -0.15) is 0 Å². The third-order valence-electron chi connectivity index (χ3n) is 2.86. The highest BCUT2D eigenvalue weighted by atomic mass is 19.1. The fourth-order valence-corrected chi connectivity index (χ4v) is 1.85. The number of hydrogen-bond donors (Lipinski definition) is 2. The van der Waals surface area contributed by atoms with Crippen LogP contribution in [0, 0.1) is 5.82 Å². The number of halogens is 1. The van der Waals surface area contributed by atoms with Crippen molar-refractivity contribution in [2.45, 2.75) is 13.0 Å². The van der Waals surface area contributed by atoms with E-state index in [0.717, 1.165) is 5.69 Å². The Morgan fingerprint density at radius 3 is 2.90 bits per heavy atom. The third kappa shape index (κ3) is 4.54. The first-order valence-electron chi connectivity index (χ1n) is 6.44. The fraction of sp³-hybridized carbons (Fsp3) is 0.200. The Hall–Kier alpha value is -2.47.